The van der Waals surface area contributed by atoms with Gasteiger partial charge < -0.3 is 10.2 Å². The maximum atomic E-state index is 12.6. The highest BCUT2D eigenvalue weighted by molar-refractivity contribution is 5.92. The van der Waals surface area contributed by atoms with Crippen LogP contribution in [0.3, 0.4) is 0 Å². The molecule has 1 N–H and O–H groups in total. The summed E-state index contributed by atoms with van der Waals surface area (Å²) >= 11 is 0. The third kappa shape index (κ3) is 3.65. The van der Waals surface area contributed by atoms with E-state index in [0.29, 0.717) is 25.3 Å². The fourth-order valence-electron chi connectivity index (χ4n) is 2.71. The summed E-state index contributed by atoms with van der Waals surface area (Å²) in [6, 6.07) is 12.8. The molecular formula is C17H20N4O2. The average molecular weight is 312 g/mol. The quantitative estimate of drug-likeness (QED) is 0.907. The van der Waals surface area contributed by atoms with Crippen LogP contribution in [0.2, 0.25) is 0 Å². The lowest BCUT2D eigenvalue weighted by molar-refractivity contribution is 0.0700. The number of hydrogen-bond acceptors (Lipinski definition) is 4. The second kappa shape index (κ2) is 6.75. The molecule has 6 heteroatoms. The highest BCUT2D eigenvalue weighted by Gasteiger charge is 2.23. The smallest absolute Gasteiger partial charge is 0.274 e. The minimum absolute atomic E-state index is 0.125. The molecule has 0 bridgehead atoms. The molecule has 0 aliphatic carbocycles. The summed E-state index contributed by atoms with van der Waals surface area (Å²) in [6.07, 6.45) is 0. The normalized spacial score (nSPS) is 18.0. The molecule has 0 radical (unpaired) electrons. The van der Waals surface area contributed by atoms with Gasteiger partial charge in [0.15, 0.2) is 0 Å². The van der Waals surface area contributed by atoms with Gasteiger partial charge in [0.1, 0.15) is 5.69 Å². The van der Waals surface area contributed by atoms with Crippen molar-refractivity contribution in [1.82, 2.24) is 20.0 Å². The predicted molar refractivity (Wildman–Crippen MR) is 87.4 cm³/mol. The first-order valence-electron chi connectivity index (χ1n) is 7.78. The molecule has 1 aliphatic rings. The third-order valence-electron chi connectivity index (χ3n) is 3.92. The number of hydrogen-bond donors (Lipinski definition) is 1. The van der Waals surface area contributed by atoms with Gasteiger partial charge in [-0.15, -0.1) is 0 Å². The molecule has 0 saturated carbocycles. The van der Waals surface area contributed by atoms with Crippen LogP contribution in [0.5, 0.6) is 0 Å². The van der Waals surface area contributed by atoms with Crippen molar-refractivity contribution in [1.29, 1.82) is 0 Å². The lowest BCUT2D eigenvalue weighted by Gasteiger charge is -2.31. The molecule has 1 fully saturated rings. The zero-order chi connectivity index (χ0) is 16.2. The van der Waals surface area contributed by atoms with E-state index >= 15 is 0 Å². The lowest BCUT2D eigenvalue weighted by atomic mass is 10.2. The summed E-state index contributed by atoms with van der Waals surface area (Å²) in [5, 5.41) is 7.56. The van der Waals surface area contributed by atoms with Gasteiger partial charge in [-0.25, -0.2) is 4.68 Å². The van der Waals surface area contributed by atoms with Gasteiger partial charge >= 0.3 is 0 Å². The number of piperazine rings is 1. The first-order chi connectivity index (χ1) is 11.1. The van der Waals surface area contributed by atoms with E-state index in [9.17, 15) is 9.59 Å². The summed E-state index contributed by atoms with van der Waals surface area (Å²) in [5.41, 5.74) is 1.08. The van der Waals surface area contributed by atoms with Gasteiger partial charge in [-0.05, 0) is 18.6 Å². The zero-order valence-electron chi connectivity index (χ0n) is 13.1. The van der Waals surface area contributed by atoms with Gasteiger partial charge in [-0.2, -0.15) is 5.10 Å². The molecule has 23 heavy (non-hydrogen) atoms. The van der Waals surface area contributed by atoms with Crippen LogP contribution in [-0.2, 0) is 6.54 Å². The van der Waals surface area contributed by atoms with Crippen molar-refractivity contribution in [2.75, 3.05) is 19.6 Å². The summed E-state index contributed by atoms with van der Waals surface area (Å²) in [4.78, 5) is 26.4. The Hall–Kier alpha value is -2.47. The highest BCUT2D eigenvalue weighted by atomic mass is 16.2. The van der Waals surface area contributed by atoms with E-state index < -0.39 is 0 Å². The Balaban J connectivity index is 1.82. The van der Waals surface area contributed by atoms with E-state index in [2.05, 4.69) is 10.4 Å². The first-order valence-corrected chi connectivity index (χ1v) is 7.78. The van der Waals surface area contributed by atoms with Crippen LogP contribution in [0.15, 0.2) is 47.3 Å². The molecule has 0 spiro atoms. The van der Waals surface area contributed by atoms with E-state index in [0.717, 1.165) is 12.1 Å². The van der Waals surface area contributed by atoms with Crippen molar-refractivity contribution in [3.8, 4) is 0 Å². The number of benzene rings is 1. The van der Waals surface area contributed by atoms with Crippen molar-refractivity contribution in [3.05, 3.63) is 64.1 Å². The summed E-state index contributed by atoms with van der Waals surface area (Å²) in [6.45, 7) is 4.49. The maximum Gasteiger partial charge on any atom is 0.274 e. The Morgan fingerprint density at radius 3 is 2.78 bits per heavy atom. The zero-order valence-corrected chi connectivity index (χ0v) is 13.1. The third-order valence-corrected chi connectivity index (χ3v) is 3.92. The molecule has 2 heterocycles. The van der Waals surface area contributed by atoms with Crippen LogP contribution in [0.25, 0.3) is 0 Å². The fraction of sp³-hybridized carbons (Fsp3) is 0.353. The van der Waals surface area contributed by atoms with Gasteiger partial charge in [0.25, 0.3) is 11.5 Å². The molecule has 1 aromatic carbocycles. The number of carbonyl (C=O) groups is 1. The Kier molecular flexibility index (Phi) is 4.52. The van der Waals surface area contributed by atoms with E-state index in [1.54, 1.807) is 4.90 Å². The number of aromatic nitrogens is 2. The predicted octanol–water partition coefficient (Wildman–Crippen LogP) is 0.725. The monoisotopic (exact) mass is 312 g/mol. The van der Waals surface area contributed by atoms with Crippen LogP contribution in [0, 0.1) is 0 Å². The standard InChI is InChI=1S/C17H20N4O2/c1-13-11-20(10-9-18-13)17(23)15-7-8-16(22)21(19-15)12-14-5-3-2-4-6-14/h2-8,13,18H,9-12H2,1H3. The largest absolute Gasteiger partial charge is 0.334 e. The first kappa shape index (κ1) is 15.4. The molecule has 1 unspecified atom stereocenters. The minimum Gasteiger partial charge on any atom is -0.334 e. The molecule has 1 aromatic heterocycles. The highest BCUT2D eigenvalue weighted by Crippen LogP contribution is 2.06. The summed E-state index contributed by atoms with van der Waals surface area (Å²) in [7, 11) is 0. The van der Waals surface area contributed by atoms with E-state index in [1.807, 2.05) is 37.3 Å². The fourth-order valence-corrected chi connectivity index (χ4v) is 2.71. The van der Waals surface area contributed by atoms with Gasteiger partial charge in [-0.1, -0.05) is 30.3 Å². The molecule has 2 aromatic rings. The van der Waals surface area contributed by atoms with Crippen molar-refractivity contribution in [3.63, 3.8) is 0 Å². The topological polar surface area (TPSA) is 67.2 Å². The van der Waals surface area contributed by atoms with Crippen LogP contribution in [-0.4, -0.2) is 46.3 Å². The molecule has 1 amide bonds. The van der Waals surface area contributed by atoms with Gasteiger partial charge in [0.2, 0.25) is 0 Å². The molecule has 1 aliphatic heterocycles. The molecule has 6 nitrogen and oxygen atoms in total. The summed E-state index contributed by atoms with van der Waals surface area (Å²) < 4.78 is 1.34. The van der Waals surface area contributed by atoms with Crippen LogP contribution < -0.4 is 10.9 Å². The number of nitrogens with zero attached hydrogens (tertiary/aromatic N) is 3. The lowest BCUT2D eigenvalue weighted by Crippen LogP contribution is -2.51. The Morgan fingerprint density at radius 2 is 2.04 bits per heavy atom. The summed E-state index contributed by atoms with van der Waals surface area (Å²) in [5.74, 6) is -0.125. The average Bonchev–Trinajstić information content (AvgIpc) is 2.57. The second-order valence-electron chi connectivity index (χ2n) is 5.81. The van der Waals surface area contributed by atoms with E-state index in [-0.39, 0.29) is 17.5 Å². The number of nitrogens with one attached hydrogen (secondary N) is 1. The molecule has 1 atom stereocenters. The Morgan fingerprint density at radius 1 is 1.26 bits per heavy atom. The number of rotatable bonds is 3. The van der Waals surface area contributed by atoms with Crippen molar-refractivity contribution in [2.45, 2.75) is 19.5 Å². The van der Waals surface area contributed by atoms with Gasteiger partial charge in [-0.3, -0.25) is 9.59 Å². The number of amides is 1. The molecular weight excluding hydrogens is 292 g/mol. The van der Waals surface area contributed by atoms with Crippen LogP contribution >= 0.6 is 0 Å². The van der Waals surface area contributed by atoms with E-state index in [4.69, 9.17) is 0 Å². The molecule has 3 rings (SSSR count). The molecule has 120 valence electrons. The Labute approximate surface area is 134 Å². The SMILES string of the molecule is CC1CN(C(=O)c2ccc(=O)n(Cc3ccccc3)n2)CCN1. The van der Waals surface area contributed by atoms with Crippen molar-refractivity contribution >= 4 is 5.91 Å². The Bertz CT molecular complexity index is 742. The van der Waals surface area contributed by atoms with Crippen molar-refractivity contribution in [2.24, 2.45) is 0 Å². The second-order valence-corrected chi connectivity index (χ2v) is 5.81. The van der Waals surface area contributed by atoms with E-state index in [1.165, 1.54) is 16.8 Å². The van der Waals surface area contributed by atoms with Crippen molar-refractivity contribution < 1.29 is 4.79 Å². The van der Waals surface area contributed by atoms with Gasteiger partial charge in [0.05, 0.1) is 6.54 Å². The van der Waals surface area contributed by atoms with Gasteiger partial charge in [0, 0.05) is 31.7 Å². The maximum absolute atomic E-state index is 12.6. The van der Waals surface area contributed by atoms with Crippen LogP contribution in [0.1, 0.15) is 23.0 Å². The number of carbonyl (C=O) groups excluding carboxylic acids is 1. The minimum atomic E-state index is -0.209. The van der Waals surface area contributed by atoms with Crippen LogP contribution in [0.4, 0.5) is 0 Å². The molecule has 1 saturated heterocycles.